The van der Waals surface area contributed by atoms with Gasteiger partial charge in [0.2, 0.25) is 0 Å². The average Bonchev–Trinajstić information content (AvgIpc) is 2.90. The number of hydrogen-bond donors (Lipinski definition) is 1. The number of aliphatic hydroxyl groups is 1. The summed E-state index contributed by atoms with van der Waals surface area (Å²) in [7, 11) is 0.740. The third kappa shape index (κ3) is 1.67. The van der Waals surface area contributed by atoms with E-state index in [2.05, 4.69) is 20.8 Å². The summed E-state index contributed by atoms with van der Waals surface area (Å²) in [6, 6.07) is 0. The standard InChI is InChI=1S/C14H24BO3P/c1-13(2)8-4-10(13)14(3)11(5-8)17-15(18-14)12-6-9(16)7-19-12/h8-12,16,19H,4-7H2,1-3H3/t8?,9-,10?,11?,12-,14-/m0/s1. The Morgan fingerprint density at radius 2 is 2.00 bits per heavy atom. The smallest absolute Gasteiger partial charge is 0.405 e. The highest BCUT2D eigenvalue weighted by atomic mass is 31.1. The molecule has 0 aromatic rings. The molecular formula is C14H24BO3P. The van der Waals surface area contributed by atoms with Crippen molar-refractivity contribution in [1.82, 2.24) is 0 Å². The molecule has 4 unspecified atom stereocenters. The maximum Gasteiger partial charge on any atom is 0.465 e. The lowest BCUT2D eigenvalue weighted by atomic mass is 9.43. The van der Waals surface area contributed by atoms with Crippen LogP contribution in [-0.4, -0.2) is 41.8 Å². The van der Waals surface area contributed by atoms with Crippen molar-refractivity contribution in [2.24, 2.45) is 17.3 Å². The van der Waals surface area contributed by atoms with Crippen LogP contribution in [0.2, 0.25) is 0 Å². The van der Waals surface area contributed by atoms with Gasteiger partial charge >= 0.3 is 7.12 Å². The zero-order chi connectivity index (χ0) is 13.4. The molecule has 0 radical (unpaired) electrons. The van der Waals surface area contributed by atoms with Crippen LogP contribution in [0, 0.1) is 17.3 Å². The zero-order valence-electron chi connectivity index (χ0n) is 12.1. The fourth-order valence-corrected chi connectivity index (χ4v) is 6.54. The molecule has 5 aliphatic rings. The Morgan fingerprint density at radius 1 is 1.21 bits per heavy atom. The van der Waals surface area contributed by atoms with E-state index in [0.717, 1.165) is 33.5 Å². The maximum absolute atomic E-state index is 9.72. The second-order valence-electron chi connectivity index (χ2n) is 7.74. The molecule has 1 N–H and O–H groups in total. The lowest BCUT2D eigenvalue weighted by Crippen LogP contribution is -2.65. The summed E-state index contributed by atoms with van der Waals surface area (Å²) in [4.78, 5) is 0. The van der Waals surface area contributed by atoms with Crippen LogP contribution in [0.4, 0.5) is 0 Å². The van der Waals surface area contributed by atoms with Gasteiger partial charge in [0.1, 0.15) is 0 Å². The first-order valence-corrected chi connectivity index (χ1v) is 8.94. The zero-order valence-corrected chi connectivity index (χ0v) is 13.1. The quantitative estimate of drug-likeness (QED) is 0.591. The van der Waals surface area contributed by atoms with Gasteiger partial charge in [-0.15, -0.1) is 8.58 Å². The van der Waals surface area contributed by atoms with Gasteiger partial charge in [0.25, 0.3) is 0 Å². The molecule has 2 heterocycles. The Kier molecular flexibility index (Phi) is 2.73. The van der Waals surface area contributed by atoms with Gasteiger partial charge in [-0.2, -0.15) is 0 Å². The van der Waals surface area contributed by atoms with Crippen molar-refractivity contribution in [2.45, 2.75) is 63.4 Å². The Labute approximate surface area is 117 Å². The normalized spacial score (nSPS) is 56.2. The van der Waals surface area contributed by atoms with Gasteiger partial charge in [-0.3, -0.25) is 0 Å². The lowest BCUT2D eigenvalue weighted by Gasteiger charge is -2.64. The molecule has 2 aliphatic heterocycles. The molecule has 0 aromatic carbocycles. The van der Waals surface area contributed by atoms with E-state index in [1.54, 1.807) is 0 Å². The van der Waals surface area contributed by atoms with Crippen molar-refractivity contribution in [3.8, 4) is 0 Å². The first kappa shape index (κ1) is 13.1. The minimum atomic E-state index is -0.129. The molecule has 5 heteroatoms. The van der Waals surface area contributed by atoms with Gasteiger partial charge in [-0.25, -0.2) is 0 Å². The van der Waals surface area contributed by atoms with Crippen LogP contribution in [0.25, 0.3) is 0 Å². The minimum absolute atomic E-state index is 0.0550. The van der Waals surface area contributed by atoms with Crippen LogP contribution in [0.1, 0.15) is 40.0 Å². The van der Waals surface area contributed by atoms with Gasteiger partial charge in [0.15, 0.2) is 0 Å². The topological polar surface area (TPSA) is 38.7 Å². The van der Waals surface area contributed by atoms with E-state index in [1.807, 2.05) is 0 Å². The highest BCUT2D eigenvalue weighted by molar-refractivity contribution is 7.42. The predicted octanol–water partition coefficient (Wildman–Crippen LogP) is 2.07. The molecule has 2 bridgehead atoms. The summed E-state index contributed by atoms with van der Waals surface area (Å²) in [6.07, 6.45) is 4.43. The molecule has 3 saturated carbocycles. The van der Waals surface area contributed by atoms with E-state index in [1.165, 1.54) is 6.42 Å². The van der Waals surface area contributed by atoms with Crippen molar-refractivity contribution >= 4 is 15.7 Å². The van der Waals surface area contributed by atoms with Gasteiger partial charge < -0.3 is 14.4 Å². The van der Waals surface area contributed by atoms with Crippen LogP contribution in [0.15, 0.2) is 0 Å². The van der Waals surface area contributed by atoms with E-state index >= 15 is 0 Å². The Bertz CT molecular complexity index is 404. The summed E-state index contributed by atoms with van der Waals surface area (Å²) >= 11 is 0. The first-order chi connectivity index (χ1) is 8.91. The Hall–Kier alpha value is 0.375. The van der Waals surface area contributed by atoms with Crippen LogP contribution in [0.3, 0.4) is 0 Å². The Balaban J connectivity index is 1.54. The molecule has 3 aliphatic carbocycles. The largest absolute Gasteiger partial charge is 0.465 e. The molecule has 3 nitrogen and oxygen atoms in total. The van der Waals surface area contributed by atoms with Crippen LogP contribution < -0.4 is 0 Å². The van der Waals surface area contributed by atoms with E-state index in [4.69, 9.17) is 9.31 Å². The molecule has 5 fully saturated rings. The second kappa shape index (κ2) is 3.97. The van der Waals surface area contributed by atoms with Crippen molar-refractivity contribution < 1.29 is 14.4 Å². The highest BCUT2D eigenvalue weighted by Crippen LogP contribution is 2.66. The van der Waals surface area contributed by atoms with Gasteiger partial charge in [0, 0.05) is 5.56 Å². The van der Waals surface area contributed by atoms with Gasteiger partial charge in [-0.05, 0) is 49.6 Å². The number of rotatable bonds is 1. The molecular weight excluding hydrogens is 258 g/mol. The molecule has 0 amide bonds. The molecule has 106 valence electrons. The van der Waals surface area contributed by atoms with Gasteiger partial charge in [-0.1, -0.05) is 13.8 Å². The molecule has 7 atom stereocenters. The molecule has 19 heavy (non-hydrogen) atoms. The lowest BCUT2D eigenvalue weighted by molar-refractivity contribution is -0.199. The highest BCUT2D eigenvalue weighted by Gasteiger charge is 2.68. The van der Waals surface area contributed by atoms with Gasteiger partial charge in [0.05, 0.1) is 17.8 Å². The van der Waals surface area contributed by atoms with Crippen LogP contribution in [-0.2, 0) is 9.31 Å². The Morgan fingerprint density at radius 3 is 2.63 bits per heavy atom. The fourth-order valence-electron chi connectivity index (χ4n) is 5.03. The summed E-state index contributed by atoms with van der Waals surface area (Å²) in [5.74, 6) is 1.46. The molecule has 0 aromatic heterocycles. The predicted molar refractivity (Wildman–Crippen MR) is 77.7 cm³/mol. The minimum Gasteiger partial charge on any atom is -0.405 e. The second-order valence-corrected chi connectivity index (χ2v) is 9.30. The van der Waals surface area contributed by atoms with Crippen molar-refractivity contribution in [1.29, 1.82) is 0 Å². The summed E-state index contributed by atoms with van der Waals surface area (Å²) in [5.41, 5.74) is 0.764. The molecule has 5 rings (SSSR count). The number of aliphatic hydroxyl groups excluding tert-OH is 1. The number of hydrogen-bond acceptors (Lipinski definition) is 3. The summed E-state index contributed by atoms with van der Waals surface area (Å²) < 4.78 is 12.7. The SMILES string of the molecule is CC1(C)C2CC3OB([C@@H]4C[C@H](O)CP4)O[C@@]3(C)C1C2. The van der Waals surface area contributed by atoms with E-state index in [9.17, 15) is 5.11 Å². The monoisotopic (exact) mass is 282 g/mol. The van der Waals surface area contributed by atoms with Crippen LogP contribution in [0.5, 0.6) is 0 Å². The van der Waals surface area contributed by atoms with E-state index in [0.29, 0.717) is 16.9 Å². The third-order valence-electron chi connectivity index (χ3n) is 6.44. The summed E-state index contributed by atoms with van der Waals surface area (Å²) in [5, 5.41) is 9.72. The molecule has 2 saturated heterocycles. The van der Waals surface area contributed by atoms with Crippen molar-refractivity contribution in [3.63, 3.8) is 0 Å². The van der Waals surface area contributed by atoms with E-state index in [-0.39, 0.29) is 24.9 Å². The first-order valence-electron chi connectivity index (χ1n) is 7.66. The van der Waals surface area contributed by atoms with Crippen molar-refractivity contribution in [3.05, 3.63) is 0 Å². The maximum atomic E-state index is 9.72. The van der Waals surface area contributed by atoms with Crippen LogP contribution >= 0.6 is 8.58 Å². The van der Waals surface area contributed by atoms with E-state index < -0.39 is 0 Å². The van der Waals surface area contributed by atoms with Crippen molar-refractivity contribution in [2.75, 3.05) is 6.16 Å². The summed E-state index contributed by atoms with van der Waals surface area (Å²) in [6.45, 7) is 7.06. The average molecular weight is 282 g/mol. The molecule has 0 spiro atoms. The fraction of sp³-hybridized carbons (Fsp3) is 1.00. The third-order valence-corrected chi connectivity index (χ3v) is 8.18.